The van der Waals surface area contributed by atoms with Crippen LogP contribution in [0, 0.1) is 0 Å². The largest absolute Gasteiger partial charge is 0.503 e. The molecule has 0 aliphatic rings. The number of phenols is 1. The number of phenolic OH excluding ortho intramolecular Hbond substituents is 1. The van der Waals surface area contributed by atoms with Gasteiger partial charge in [-0.25, -0.2) is 0 Å². The minimum atomic E-state index is 0.181. The van der Waals surface area contributed by atoms with Crippen molar-refractivity contribution in [3.05, 3.63) is 17.5 Å². The molecular formula is C9H8O2S2. The smallest absolute Gasteiger partial charge is 0.177 e. The Labute approximate surface area is 85.2 Å². The molecule has 1 aromatic heterocycles. The molecule has 2 rings (SSSR count). The first kappa shape index (κ1) is 8.72. The Morgan fingerprint density at radius 2 is 2.31 bits per heavy atom. The van der Waals surface area contributed by atoms with Gasteiger partial charge in [0.1, 0.15) is 0 Å². The number of aromatic hydroxyl groups is 1. The summed E-state index contributed by atoms with van der Waals surface area (Å²) in [7, 11) is 1.52. The summed E-state index contributed by atoms with van der Waals surface area (Å²) in [5.41, 5.74) is 0. The summed E-state index contributed by atoms with van der Waals surface area (Å²) in [6.45, 7) is 0. The van der Waals surface area contributed by atoms with Crippen LogP contribution >= 0.6 is 24.0 Å². The zero-order valence-corrected chi connectivity index (χ0v) is 8.65. The fraction of sp³-hybridized carbons (Fsp3) is 0.111. The SMILES string of the molecule is COc1c(S)cc2ccsc2c1O. The normalized spacial score (nSPS) is 10.6. The standard InChI is InChI=1S/C9H8O2S2/c1-11-8-6(12)4-5-2-3-13-9(5)7(8)10/h2-4,10,12H,1H3. The molecule has 0 saturated heterocycles. The summed E-state index contributed by atoms with van der Waals surface area (Å²) < 4.78 is 5.88. The van der Waals surface area contributed by atoms with E-state index >= 15 is 0 Å². The van der Waals surface area contributed by atoms with Gasteiger partial charge in [0.15, 0.2) is 11.5 Å². The molecule has 0 spiro atoms. The lowest BCUT2D eigenvalue weighted by atomic mass is 10.2. The molecule has 1 heterocycles. The van der Waals surface area contributed by atoms with E-state index in [1.54, 1.807) is 0 Å². The molecule has 1 N–H and O–H groups in total. The van der Waals surface area contributed by atoms with Crippen LogP contribution in [0.2, 0.25) is 0 Å². The van der Waals surface area contributed by atoms with Gasteiger partial charge in [-0.2, -0.15) is 0 Å². The number of thiol groups is 1. The predicted molar refractivity (Wildman–Crippen MR) is 57.3 cm³/mol. The Hall–Kier alpha value is -0.870. The van der Waals surface area contributed by atoms with Crippen LogP contribution in [0.4, 0.5) is 0 Å². The highest BCUT2D eigenvalue weighted by Crippen LogP contribution is 2.41. The Morgan fingerprint density at radius 3 is 3.00 bits per heavy atom. The average molecular weight is 212 g/mol. The lowest BCUT2D eigenvalue weighted by Gasteiger charge is -2.06. The molecule has 2 nitrogen and oxygen atoms in total. The number of benzene rings is 1. The van der Waals surface area contributed by atoms with Crippen LogP contribution in [-0.2, 0) is 0 Å². The molecule has 1 aromatic carbocycles. The molecule has 0 bridgehead atoms. The van der Waals surface area contributed by atoms with Crippen molar-refractivity contribution >= 4 is 34.1 Å². The number of rotatable bonds is 1. The molecule has 0 unspecified atom stereocenters. The topological polar surface area (TPSA) is 29.5 Å². The van der Waals surface area contributed by atoms with E-state index in [0.717, 1.165) is 10.1 Å². The third-order valence-electron chi connectivity index (χ3n) is 1.85. The fourth-order valence-electron chi connectivity index (χ4n) is 1.26. The van der Waals surface area contributed by atoms with Crippen LogP contribution in [0.15, 0.2) is 22.4 Å². The maximum Gasteiger partial charge on any atom is 0.177 e. The first-order chi connectivity index (χ1) is 6.24. The maximum atomic E-state index is 9.76. The Bertz CT molecular complexity index is 448. The van der Waals surface area contributed by atoms with E-state index < -0.39 is 0 Å². The minimum absolute atomic E-state index is 0.181. The molecule has 0 aliphatic heterocycles. The van der Waals surface area contributed by atoms with E-state index in [9.17, 15) is 5.11 Å². The number of ether oxygens (including phenoxy) is 1. The van der Waals surface area contributed by atoms with Crippen molar-refractivity contribution < 1.29 is 9.84 Å². The zero-order valence-electron chi connectivity index (χ0n) is 6.94. The van der Waals surface area contributed by atoms with E-state index in [1.165, 1.54) is 18.4 Å². The van der Waals surface area contributed by atoms with Gasteiger partial charge in [-0.1, -0.05) is 0 Å². The summed E-state index contributed by atoms with van der Waals surface area (Å²) in [6, 6.07) is 3.83. The van der Waals surface area contributed by atoms with Crippen LogP contribution in [0.3, 0.4) is 0 Å². The van der Waals surface area contributed by atoms with Crippen LogP contribution in [0.25, 0.3) is 10.1 Å². The second-order valence-electron chi connectivity index (χ2n) is 2.62. The van der Waals surface area contributed by atoms with Crippen LogP contribution in [0.1, 0.15) is 0 Å². The number of thiophene rings is 1. The first-order valence-electron chi connectivity index (χ1n) is 3.70. The molecule has 0 radical (unpaired) electrons. The van der Waals surface area contributed by atoms with E-state index in [4.69, 9.17) is 4.74 Å². The first-order valence-corrected chi connectivity index (χ1v) is 5.03. The van der Waals surface area contributed by atoms with Crippen LogP contribution in [0.5, 0.6) is 11.5 Å². The highest BCUT2D eigenvalue weighted by molar-refractivity contribution is 7.80. The van der Waals surface area contributed by atoms with E-state index in [1.807, 2.05) is 17.5 Å². The average Bonchev–Trinajstić information content (AvgIpc) is 2.53. The quantitative estimate of drug-likeness (QED) is 0.712. The molecular weight excluding hydrogens is 204 g/mol. The molecule has 0 fully saturated rings. The van der Waals surface area contributed by atoms with Crippen LogP contribution in [-0.4, -0.2) is 12.2 Å². The highest BCUT2D eigenvalue weighted by Gasteiger charge is 2.11. The van der Waals surface area contributed by atoms with Gasteiger partial charge in [0.05, 0.1) is 16.7 Å². The lowest BCUT2D eigenvalue weighted by Crippen LogP contribution is -1.85. The van der Waals surface area contributed by atoms with Gasteiger partial charge >= 0.3 is 0 Å². The second-order valence-corrected chi connectivity index (χ2v) is 4.01. The van der Waals surface area contributed by atoms with Crippen molar-refractivity contribution in [2.75, 3.05) is 7.11 Å². The number of methoxy groups -OCH3 is 1. The molecule has 0 atom stereocenters. The van der Waals surface area contributed by atoms with E-state index in [-0.39, 0.29) is 5.75 Å². The van der Waals surface area contributed by atoms with Gasteiger partial charge in [0.25, 0.3) is 0 Å². The van der Waals surface area contributed by atoms with Gasteiger partial charge in [-0.3, -0.25) is 0 Å². The molecule has 13 heavy (non-hydrogen) atoms. The monoisotopic (exact) mass is 212 g/mol. The van der Waals surface area contributed by atoms with Crippen molar-refractivity contribution in [1.82, 2.24) is 0 Å². The molecule has 0 amide bonds. The van der Waals surface area contributed by atoms with Gasteiger partial charge < -0.3 is 9.84 Å². The highest BCUT2D eigenvalue weighted by atomic mass is 32.1. The summed E-state index contributed by atoms with van der Waals surface area (Å²) >= 11 is 5.71. The maximum absolute atomic E-state index is 9.76. The zero-order chi connectivity index (χ0) is 9.42. The van der Waals surface area contributed by atoms with Gasteiger partial charge in [-0.15, -0.1) is 24.0 Å². The summed E-state index contributed by atoms with van der Waals surface area (Å²) in [5.74, 6) is 0.623. The molecule has 0 saturated carbocycles. The van der Waals surface area contributed by atoms with Crippen LogP contribution < -0.4 is 4.74 Å². The molecule has 68 valence electrons. The minimum Gasteiger partial charge on any atom is -0.503 e. The van der Waals surface area contributed by atoms with E-state index in [2.05, 4.69) is 12.6 Å². The van der Waals surface area contributed by atoms with Crippen molar-refractivity contribution in [2.45, 2.75) is 4.90 Å². The number of hydrogen-bond acceptors (Lipinski definition) is 4. The summed E-state index contributed by atoms with van der Waals surface area (Å²) in [5, 5.41) is 12.7. The molecule has 0 aliphatic carbocycles. The lowest BCUT2D eigenvalue weighted by molar-refractivity contribution is 0.368. The fourth-order valence-corrected chi connectivity index (χ4v) is 2.42. The van der Waals surface area contributed by atoms with E-state index in [0.29, 0.717) is 10.6 Å². The van der Waals surface area contributed by atoms with Gasteiger partial charge in [0.2, 0.25) is 0 Å². The molecule has 4 heteroatoms. The van der Waals surface area contributed by atoms with Gasteiger partial charge in [-0.05, 0) is 22.9 Å². The second kappa shape index (κ2) is 3.12. The summed E-state index contributed by atoms with van der Waals surface area (Å²) in [4.78, 5) is 0.658. The van der Waals surface area contributed by atoms with Crippen molar-refractivity contribution in [2.24, 2.45) is 0 Å². The number of fused-ring (bicyclic) bond motifs is 1. The molecule has 2 aromatic rings. The Morgan fingerprint density at radius 1 is 1.54 bits per heavy atom. The summed E-state index contributed by atoms with van der Waals surface area (Å²) in [6.07, 6.45) is 0. The third kappa shape index (κ3) is 1.26. The number of hydrogen-bond donors (Lipinski definition) is 2. The van der Waals surface area contributed by atoms with Crippen molar-refractivity contribution in [3.63, 3.8) is 0 Å². The van der Waals surface area contributed by atoms with Crippen molar-refractivity contribution in [1.29, 1.82) is 0 Å². The predicted octanol–water partition coefficient (Wildman–Crippen LogP) is 2.90. The van der Waals surface area contributed by atoms with Gasteiger partial charge in [0, 0.05) is 0 Å². The Kier molecular flexibility index (Phi) is 2.09. The van der Waals surface area contributed by atoms with Crippen molar-refractivity contribution in [3.8, 4) is 11.5 Å². The third-order valence-corrected chi connectivity index (χ3v) is 3.12. The Balaban J connectivity index is 2.85.